The van der Waals surface area contributed by atoms with Crippen molar-refractivity contribution in [1.82, 2.24) is 15.0 Å². The molecule has 0 aliphatic heterocycles. The molecule has 0 saturated heterocycles. The number of nitrogens with one attached hydrogen (secondary N) is 1. The minimum atomic E-state index is 0.130. The Hall–Kier alpha value is -1.40. The minimum Gasteiger partial charge on any atom is -0.464 e. The van der Waals surface area contributed by atoms with Crippen molar-refractivity contribution in [2.75, 3.05) is 11.9 Å². The molecule has 0 spiro atoms. The molecule has 2 rings (SSSR count). The van der Waals surface area contributed by atoms with Crippen LogP contribution >= 0.6 is 22.9 Å². The molecule has 1 atom stereocenters. The maximum absolute atomic E-state index is 5.85. The van der Waals surface area contributed by atoms with E-state index in [1.807, 2.05) is 6.92 Å². The van der Waals surface area contributed by atoms with E-state index in [0.29, 0.717) is 12.6 Å². The van der Waals surface area contributed by atoms with Crippen molar-refractivity contribution in [3.63, 3.8) is 0 Å². The summed E-state index contributed by atoms with van der Waals surface area (Å²) in [5.41, 5.74) is 0. The molecule has 1 unspecified atom stereocenters. The minimum absolute atomic E-state index is 0.130. The van der Waals surface area contributed by atoms with Crippen LogP contribution in [0.3, 0.4) is 0 Å². The standard InChI is InChI=1S/C13H17ClN4OS/c1-4-19-13-17-11(14)16-12(18-13)15-8(2)7-10-6-5-9(3)20-10/h5-6,8H,4,7H2,1-3H3,(H,15,16,17,18). The van der Waals surface area contributed by atoms with Crippen molar-refractivity contribution in [2.45, 2.75) is 33.2 Å². The predicted octanol–water partition coefficient (Wildman–Crippen LogP) is 3.34. The highest BCUT2D eigenvalue weighted by Crippen LogP contribution is 2.18. The number of hydrogen-bond donors (Lipinski definition) is 1. The van der Waals surface area contributed by atoms with Gasteiger partial charge in [0.25, 0.3) is 0 Å². The van der Waals surface area contributed by atoms with Crippen molar-refractivity contribution < 1.29 is 4.74 Å². The summed E-state index contributed by atoms with van der Waals surface area (Å²) in [6.45, 7) is 6.54. The van der Waals surface area contributed by atoms with E-state index in [0.717, 1.165) is 6.42 Å². The zero-order valence-electron chi connectivity index (χ0n) is 11.7. The van der Waals surface area contributed by atoms with Gasteiger partial charge < -0.3 is 10.1 Å². The summed E-state index contributed by atoms with van der Waals surface area (Å²) in [6.07, 6.45) is 0.909. The molecule has 2 aromatic rings. The molecule has 0 amide bonds. The lowest BCUT2D eigenvalue weighted by atomic mass is 10.2. The third-order valence-corrected chi connectivity index (χ3v) is 3.73. The average molecular weight is 313 g/mol. The summed E-state index contributed by atoms with van der Waals surface area (Å²) in [6, 6.07) is 4.71. The van der Waals surface area contributed by atoms with Crippen LogP contribution in [0.15, 0.2) is 12.1 Å². The fourth-order valence-corrected chi connectivity index (χ4v) is 2.93. The van der Waals surface area contributed by atoms with Gasteiger partial charge in [0.05, 0.1) is 6.61 Å². The Morgan fingerprint density at radius 3 is 2.80 bits per heavy atom. The van der Waals surface area contributed by atoms with Gasteiger partial charge in [-0.1, -0.05) is 0 Å². The molecule has 0 aliphatic rings. The maximum Gasteiger partial charge on any atom is 0.322 e. The van der Waals surface area contributed by atoms with Gasteiger partial charge in [0.15, 0.2) is 0 Å². The number of ether oxygens (including phenoxy) is 1. The second kappa shape index (κ2) is 6.85. The average Bonchev–Trinajstić information content (AvgIpc) is 2.74. The van der Waals surface area contributed by atoms with Crippen molar-refractivity contribution in [1.29, 1.82) is 0 Å². The molecule has 20 heavy (non-hydrogen) atoms. The Kier molecular flexibility index (Phi) is 5.14. The van der Waals surface area contributed by atoms with Crippen LogP contribution in [0, 0.1) is 6.92 Å². The summed E-state index contributed by atoms with van der Waals surface area (Å²) >= 11 is 7.65. The van der Waals surface area contributed by atoms with E-state index in [1.165, 1.54) is 9.75 Å². The monoisotopic (exact) mass is 312 g/mol. The molecule has 2 aromatic heterocycles. The molecule has 2 heterocycles. The first-order valence-corrected chi connectivity index (χ1v) is 7.62. The summed E-state index contributed by atoms with van der Waals surface area (Å²) < 4.78 is 5.25. The summed E-state index contributed by atoms with van der Waals surface area (Å²) in [4.78, 5) is 14.8. The number of nitrogens with zero attached hydrogens (tertiary/aromatic N) is 3. The van der Waals surface area contributed by atoms with Gasteiger partial charge in [-0.25, -0.2) is 0 Å². The maximum atomic E-state index is 5.85. The van der Waals surface area contributed by atoms with E-state index >= 15 is 0 Å². The largest absolute Gasteiger partial charge is 0.464 e. The highest BCUT2D eigenvalue weighted by Gasteiger charge is 2.10. The Morgan fingerprint density at radius 2 is 2.15 bits per heavy atom. The second-order valence-corrected chi connectivity index (χ2v) is 6.12. The molecule has 0 fully saturated rings. The third-order valence-electron chi connectivity index (χ3n) is 2.54. The van der Waals surface area contributed by atoms with Crippen LogP contribution in [0.25, 0.3) is 0 Å². The fraction of sp³-hybridized carbons (Fsp3) is 0.462. The van der Waals surface area contributed by atoms with Gasteiger partial charge in [-0.05, 0) is 44.5 Å². The van der Waals surface area contributed by atoms with Crippen LogP contribution in [-0.2, 0) is 6.42 Å². The molecule has 5 nitrogen and oxygen atoms in total. The Morgan fingerprint density at radius 1 is 1.35 bits per heavy atom. The SMILES string of the molecule is CCOc1nc(Cl)nc(NC(C)Cc2ccc(C)s2)n1. The summed E-state index contributed by atoms with van der Waals surface area (Å²) in [5.74, 6) is 0.439. The van der Waals surface area contributed by atoms with Crippen LogP contribution in [0.1, 0.15) is 23.6 Å². The van der Waals surface area contributed by atoms with Gasteiger partial charge in [-0.2, -0.15) is 15.0 Å². The molecular weight excluding hydrogens is 296 g/mol. The lowest BCUT2D eigenvalue weighted by Gasteiger charge is -2.13. The topological polar surface area (TPSA) is 59.9 Å². The lowest BCUT2D eigenvalue weighted by Crippen LogP contribution is -2.19. The predicted molar refractivity (Wildman–Crippen MR) is 81.9 cm³/mol. The van der Waals surface area contributed by atoms with Crippen LogP contribution < -0.4 is 10.1 Å². The fourth-order valence-electron chi connectivity index (χ4n) is 1.76. The van der Waals surface area contributed by atoms with Gasteiger partial charge in [-0.3, -0.25) is 0 Å². The van der Waals surface area contributed by atoms with Gasteiger partial charge in [-0.15, -0.1) is 11.3 Å². The van der Waals surface area contributed by atoms with Gasteiger partial charge in [0, 0.05) is 22.2 Å². The Balaban J connectivity index is 2.01. The normalized spacial score (nSPS) is 12.2. The molecule has 0 aliphatic carbocycles. The zero-order valence-corrected chi connectivity index (χ0v) is 13.3. The molecule has 0 saturated carbocycles. The van der Waals surface area contributed by atoms with Gasteiger partial charge in [0.1, 0.15) is 0 Å². The first-order valence-electron chi connectivity index (χ1n) is 6.43. The Labute approximate surface area is 127 Å². The van der Waals surface area contributed by atoms with Crippen LogP contribution in [0.4, 0.5) is 5.95 Å². The van der Waals surface area contributed by atoms with Crippen molar-refractivity contribution >= 4 is 28.9 Å². The highest BCUT2D eigenvalue weighted by atomic mass is 35.5. The number of aromatic nitrogens is 3. The highest BCUT2D eigenvalue weighted by molar-refractivity contribution is 7.11. The molecule has 0 aromatic carbocycles. The molecule has 0 radical (unpaired) electrons. The quantitative estimate of drug-likeness (QED) is 0.886. The number of rotatable bonds is 6. The van der Waals surface area contributed by atoms with E-state index in [1.54, 1.807) is 11.3 Å². The van der Waals surface area contributed by atoms with Gasteiger partial charge >= 0.3 is 6.01 Å². The van der Waals surface area contributed by atoms with Crippen LogP contribution in [0.2, 0.25) is 5.28 Å². The van der Waals surface area contributed by atoms with Crippen LogP contribution in [0.5, 0.6) is 6.01 Å². The van der Waals surface area contributed by atoms with E-state index in [2.05, 4.69) is 46.2 Å². The number of thiophene rings is 1. The number of halogens is 1. The van der Waals surface area contributed by atoms with Crippen molar-refractivity contribution in [3.8, 4) is 6.01 Å². The van der Waals surface area contributed by atoms with Crippen LogP contribution in [-0.4, -0.2) is 27.6 Å². The van der Waals surface area contributed by atoms with Crippen molar-refractivity contribution in [3.05, 3.63) is 27.2 Å². The van der Waals surface area contributed by atoms with E-state index in [9.17, 15) is 0 Å². The zero-order chi connectivity index (χ0) is 14.5. The molecular formula is C13H17ClN4OS. The molecule has 7 heteroatoms. The lowest BCUT2D eigenvalue weighted by molar-refractivity contribution is 0.312. The second-order valence-electron chi connectivity index (χ2n) is 4.41. The molecule has 0 bridgehead atoms. The first kappa shape index (κ1) is 15.0. The number of aryl methyl sites for hydroxylation is 1. The number of hydrogen-bond acceptors (Lipinski definition) is 6. The summed E-state index contributed by atoms with van der Waals surface area (Å²) in [5, 5.41) is 3.35. The molecule has 108 valence electrons. The smallest absolute Gasteiger partial charge is 0.322 e. The van der Waals surface area contributed by atoms with Crippen molar-refractivity contribution in [2.24, 2.45) is 0 Å². The third kappa shape index (κ3) is 4.31. The molecule has 1 N–H and O–H groups in total. The van der Waals surface area contributed by atoms with Gasteiger partial charge in [0.2, 0.25) is 11.2 Å². The first-order chi connectivity index (χ1) is 9.56. The number of anilines is 1. The van der Waals surface area contributed by atoms with E-state index in [-0.39, 0.29) is 17.3 Å². The Bertz CT molecular complexity index is 575. The van der Waals surface area contributed by atoms with E-state index < -0.39 is 0 Å². The summed E-state index contributed by atoms with van der Waals surface area (Å²) in [7, 11) is 0. The van der Waals surface area contributed by atoms with E-state index in [4.69, 9.17) is 16.3 Å².